The topological polar surface area (TPSA) is 44.2 Å². The van der Waals surface area contributed by atoms with Gasteiger partial charge in [-0.15, -0.1) is 12.8 Å². The normalized spacial score (nSPS) is 10.9. The lowest BCUT2D eigenvalue weighted by Crippen LogP contribution is -2.09. The molecule has 4 nitrogen and oxygen atoms in total. The molecule has 4 heteroatoms. The molecule has 0 saturated carbocycles. The Balaban J connectivity index is 2.67. The van der Waals surface area contributed by atoms with Crippen molar-refractivity contribution in [2.24, 2.45) is 0 Å². The zero-order chi connectivity index (χ0) is 11.1. The molecule has 0 aliphatic carbocycles. The zero-order valence-corrected chi connectivity index (χ0v) is 8.30. The van der Waals surface area contributed by atoms with E-state index in [2.05, 4.69) is 21.8 Å². The average molecular weight is 202 g/mol. The minimum absolute atomic E-state index is 0.154. The van der Waals surface area contributed by atoms with Crippen molar-refractivity contribution in [2.75, 3.05) is 6.61 Å². The van der Waals surface area contributed by atoms with E-state index in [0.717, 1.165) is 0 Å². The van der Waals surface area contributed by atoms with Crippen LogP contribution in [0.3, 0.4) is 0 Å². The summed E-state index contributed by atoms with van der Waals surface area (Å²) in [6.45, 7) is 1.89. The van der Waals surface area contributed by atoms with Crippen molar-refractivity contribution in [3.05, 3.63) is 12.4 Å². The first-order chi connectivity index (χ1) is 7.26. The monoisotopic (exact) mass is 202 g/mol. The quantitative estimate of drug-likeness (QED) is 0.680. The van der Waals surface area contributed by atoms with Crippen LogP contribution < -0.4 is 9.47 Å². The number of nitrogens with zero attached hydrogens (tertiary/aromatic N) is 2. The third-order valence-electron chi connectivity index (χ3n) is 1.45. The van der Waals surface area contributed by atoms with Gasteiger partial charge in [-0.3, -0.25) is 0 Å². The lowest BCUT2D eigenvalue weighted by Gasteiger charge is -2.08. The van der Waals surface area contributed by atoms with Gasteiger partial charge in [-0.05, 0) is 6.92 Å². The molecule has 0 amide bonds. The lowest BCUT2D eigenvalue weighted by molar-refractivity contribution is 0.263. The number of terminal acetylenes is 2. The van der Waals surface area contributed by atoms with E-state index in [1.807, 2.05) is 0 Å². The maximum absolute atomic E-state index is 5.27. The predicted molar refractivity (Wildman–Crippen MR) is 55.3 cm³/mol. The van der Waals surface area contributed by atoms with Crippen molar-refractivity contribution in [1.82, 2.24) is 9.97 Å². The Hall–Kier alpha value is -2.20. The van der Waals surface area contributed by atoms with Gasteiger partial charge in [0.15, 0.2) is 12.7 Å². The molecule has 0 radical (unpaired) electrons. The summed E-state index contributed by atoms with van der Waals surface area (Å²) in [4.78, 5) is 7.72. The summed E-state index contributed by atoms with van der Waals surface area (Å²) in [7, 11) is 0. The average Bonchev–Trinajstić information content (AvgIpc) is 2.26. The molecule has 1 aromatic heterocycles. The van der Waals surface area contributed by atoms with Crippen molar-refractivity contribution < 1.29 is 9.47 Å². The summed E-state index contributed by atoms with van der Waals surface area (Å²) < 4.78 is 10.4. The molecule has 1 aromatic rings. The van der Waals surface area contributed by atoms with Crippen LogP contribution in [0.4, 0.5) is 0 Å². The second-order valence-corrected chi connectivity index (χ2v) is 2.61. The van der Waals surface area contributed by atoms with Gasteiger partial charge in [0, 0.05) is 0 Å². The standard InChI is InChI=1S/C11H10N2O2/c1-4-6-14-10-7-11(13-8-12-10)15-9(3)5-2/h1-2,7-9H,6H2,3H3. The lowest BCUT2D eigenvalue weighted by atomic mass is 10.4. The summed E-state index contributed by atoms with van der Waals surface area (Å²) in [5, 5.41) is 0. The smallest absolute Gasteiger partial charge is 0.221 e. The van der Waals surface area contributed by atoms with Crippen molar-refractivity contribution >= 4 is 0 Å². The molecule has 76 valence electrons. The van der Waals surface area contributed by atoms with E-state index < -0.39 is 0 Å². The van der Waals surface area contributed by atoms with E-state index in [9.17, 15) is 0 Å². The van der Waals surface area contributed by atoms with Gasteiger partial charge in [0.05, 0.1) is 6.07 Å². The maximum atomic E-state index is 5.27. The maximum Gasteiger partial charge on any atom is 0.221 e. The predicted octanol–water partition coefficient (Wildman–Crippen LogP) is 0.889. The Morgan fingerprint density at radius 1 is 1.40 bits per heavy atom. The second kappa shape index (κ2) is 5.51. The molecule has 0 aromatic carbocycles. The zero-order valence-electron chi connectivity index (χ0n) is 8.30. The van der Waals surface area contributed by atoms with E-state index in [0.29, 0.717) is 11.8 Å². The van der Waals surface area contributed by atoms with Gasteiger partial charge in [0.25, 0.3) is 0 Å². The van der Waals surface area contributed by atoms with Crippen LogP contribution in [0.25, 0.3) is 0 Å². The van der Waals surface area contributed by atoms with Crippen LogP contribution in [0.5, 0.6) is 11.8 Å². The molecule has 0 aliphatic heterocycles. The van der Waals surface area contributed by atoms with Gasteiger partial charge in [-0.1, -0.05) is 11.8 Å². The summed E-state index contributed by atoms with van der Waals surface area (Å²) in [5.41, 5.74) is 0. The van der Waals surface area contributed by atoms with Crippen LogP contribution in [-0.2, 0) is 0 Å². The summed E-state index contributed by atoms with van der Waals surface area (Å²) >= 11 is 0. The van der Waals surface area contributed by atoms with Crippen LogP contribution >= 0.6 is 0 Å². The van der Waals surface area contributed by atoms with Gasteiger partial charge in [-0.25, -0.2) is 9.97 Å². The molecule has 1 rings (SSSR count). The number of ether oxygens (including phenoxy) is 2. The second-order valence-electron chi connectivity index (χ2n) is 2.61. The van der Waals surface area contributed by atoms with Crippen LogP contribution in [-0.4, -0.2) is 22.7 Å². The molecule has 1 unspecified atom stereocenters. The Kier molecular flexibility index (Phi) is 4.00. The number of hydrogen-bond acceptors (Lipinski definition) is 4. The van der Waals surface area contributed by atoms with Crippen LogP contribution in [0.2, 0.25) is 0 Å². The Morgan fingerprint density at radius 3 is 2.80 bits per heavy atom. The first-order valence-corrected chi connectivity index (χ1v) is 4.27. The highest BCUT2D eigenvalue weighted by Crippen LogP contribution is 2.13. The highest BCUT2D eigenvalue weighted by atomic mass is 16.5. The minimum atomic E-state index is -0.347. The van der Waals surface area contributed by atoms with Crippen LogP contribution in [0.15, 0.2) is 12.4 Å². The van der Waals surface area contributed by atoms with Crippen molar-refractivity contribution in [3.8, 4) is 36.4 Å². The Labute approximate surface area is 88.7 Å². The molecule has 0 saturated heterocycles. The van der Waals surface area contributed by atoms with Crippen molar-refractivity contribution in [2.45, 2.75) is 13.0 Å². The Morgan fingerprint density at radius 2 is 2.13 bits per heavy atom. The fraction of sp³-hybridized carbons (Fsp3) is 0.273. The van der Waals surface area contributed by atoms with E-state index in [-0.39, 0.29) is 12.7 Å². The number of hydrogen-bond donors (Lipinski definition) is 0. The van der Waals surface area contributed by atoms with Gasteiger partial charge in [0.1, 0.15) is 6.33 Å². The van der Waals surface area contributed by atoms with Gasteiger partial charge in [0.2, 0.25) is 11.8 Å². The molecule has 0 bridgehead atoms. The fourth-order valence-corrected chi connectivity index (χ4v) is 0.797. The largest absolute Gasteiger partial charge is 0.464 e. The molecule has 0 spiro atoms. The molecule has 0 aliphatic rings. The van der Waals surface area contributed by atoms with E-state index in [1.165, 1.54) is 12.4 Å². The molecule has 1 heterocycles. The molecule has 0 N–H and O–H groups in total. The van der Waals surface area contributed by atoms with E-state index in [1.54, 1.807) is 6.92 Å². The third-order valence-corrected chi connectivity index (χ3v) is 1.45. The van der Waals surface area contributed by atoms with Gasteiger partial charge >= 0.3 is 0 Å². The van der Waals surface area contributed by atoms with Crippen molar-refractivity contribution in [1.29, 1.82) is 0 Å². The Bertz CT molecular complexity index is 404. The molecule has 0 fully saturated rings. The molecular formula is C11H10N2O2. The summed E-state index contributed by atoms with van der Waals surface area (Å²) in [6, 6.07) is 1.53. The number of aromatic nitrogens is 2. The molecule has 1 atom stereocenters. The van der Waals surface area contributed by atoms with Crippen LogP contribution in [0, 0.1) is 24.7 Å². The first kappa shape index (κ1) is 10.9. The molecule has 15 heavy (non-hydrogen) atoms. The van der Waals surface area contributed by atoms with Crippen molar-refractivity contribution in [3.63, 3.8) is 0 Å². The highest BCUT2D eigenvalue weighted by molar-refractivity contribution is 5.19. The number of rotatable bonds is 4. The highest BCUT2D eigenvalue weighted by Gasteiger charge is 2.03. The van der Waals surface area contributed by atoms with E-state index in [4.69, 9.17) is 22.3 Å². The molecular weight excluding hydrogens is 192 g/mol. The van der Waals surface area contributed by atoms with E-state index >= 15 is 0 Å². The third kappa shape index (κ3) is 3.58. The summed E-state index contributed by atoms with van der Waals surface area (Å²) in [5.74, 6) is 5.48. The van der Waals surface area contributed by atoms with Crippen LogP contribution in [0.1, 0.15) is 6.92 Å². The summed E-state index contributed by atoms with van der Waals surface area (Å²) in [6.07, 6.45) is 11.2. The SMILES string of the molecule is C#CCOc1cc(OC(C)C#C)ncn1. The van der Waals surface area contributed by atoms with Gasteiger partial charge < -0.3 is 9.47 Å². The first-order valence-electron chi connectivity index (χ1n) is 4.27. The van der Waals surface area contributed by atoms with Gasteiger partial charge in [-0.2, -0.15) is 0 Å². The fourth-order valence-electron chi connectivity index (χ4n) is 0.797. The minimum Gasteiger partial charge on any atom is -0.464 e.